The quantitative estimate of drug-likeness (QED) is 0.0350. The molecule has 0 aromatic heterocycles. The lowest BCUT2D eigenvalue weighted by molar-refractivity contribution is 0.120. The molecule has 0 amide bonds. The number of fused-ring (bicyclic) bond motifs is 6. The third kappa shape index (κ3) is 11.7. The molecule has 9 rings (SSSR count). The van der Waals surface area contributed by atoms with Crippen LogP contribution in [0.2, 0.25) is 0 Å². The van der Waals surface area contributed by atoms with Crippen LogP contribution in [0.5, 0.6) is 11.5 Å². The number of hydrogen-bond donors (Lipinski definition) is 8. The van der Waals surface area contributed by atoms with E-state index in [2.05, 4.69) is 58.9 Å². The van der Waals surface area contributed by atoms with Gasteiger partial charge in [0.05, 0.1) is 36.1 Å². The Kier molecular flexibility index (Phi) is 16.7. The minimum atomic E-state index is -0.993. The van der Waals surface area contributed by atoms with Crippen molar-refractivity contribution in [3.05, 3.63) is 111 Å². The zero-order chi connectivity index (χ0) is 48.7. The largest absolute Gasteiger partial charge is 0.592 e. The Bertz CT molecular complexity index is 2540. The van der Waals surface area contributed by atoms with Gasteiger partial charge in [-0.05, 0) is 127 Å². The Morgan fingerprint density at radius 2 is 1.87 bits per heavy atom. The summed E-state index contributed by atoms with van der Waals surface area (Å²) in [6.07, 6.45) is 23.1. The third-order valence-electron chi connectivity index (χ3n) is 16.0. The van der Waals surface area contributed by atoms with Gasteiger partial charge in [0.15, 0.2) is 29.4 Å². The first-order valence-electron chi connectivity index (χ1n) is 26.4. The van der Waals surface area contributed by atoms with E-state index < -0.39 is 18.3 Å². The van der Waals surface area contributed by atoms with Crippen LogP contribution < -0.4 is 26.4 Å². The Labute approximate surface area is 413 Å². The fourth-order valence-corrected chi connectivity index (χ4v) is 12.4. The first-order valence-corrected chi connectivity index (χ1v) is 26.4. The van der Waals surface area contributed by atoms with Gasteiger partial charge in [0.2, 0.25) is 0 Å². The molecule has 6 aliphatic rings. The second-order valence-corrected chi connectivity index (χ2v) is 21.0. The average Bonchev–Trinajstić information content (AvgIpc) is 4.18. The van der Waals surface area contributed by atoms with Crippen molar-refractivity contribution in [1.29, 1.82) is 0 Å². The van der Waals surface area contributed by atoms with Gasteiger partial charge in [0.25, 0.3) is 0 Å². The molecule has 2 fully saturated rings. The molecule has 10 atom stereocenters. The van der Waals surface area contributed by atoms with Gasteiger partial charge >= 0.3 is 0 Å². The molecule has 0 bridgehead atoms. The van der Waals surface area contributed by atoms with Gasteiger partial charge in [-0.15, -0.1) is 4.99 Å². The van der Waals surface area contributed by atoms with E-state index in [0.717, 1.165) is 133 Å². The van der Waals surface area contributed by atoms with E-state index in [9.17, 15) is 30.6 Å². The summed E-state index contributed by atoms with van der Waals surface area (Å²) in [5, 5.41) is 71.9. The summed E-state index contributed by atoms with van der Waals surface area (Å²) < 4.78 is 12.4. The van der Waals surface area contributed by atoms with Crippen LogP contribution in [0.4, 0.5) is 0 Å². The summed E-state index contributed by atoms with van der Waals surface area (Å²) in [6, 6.07) is 14.5. The molecule has 1 unspecified atom stereocenters. The Balaban J connectivity index is 0.705. The van der Waals surface area contributed by atoms with Gasteiger partial charge in [-0.2, -0.15) is 12.0 Å². The average molecular weight is 957 g/mol. The highest BCUT2D eigenvalue weighted by Crippen LogP contribution is 2.49. The van der Waals surface area contributed by atoms with Crippen molar-refractivity contribution in [3.63, 3.8) is 0 Å². The highest BCUT2D eigenvalue weighted by molar-refractivity contribution is 6.04. The van der Waals surface area contributed by atoms with Crippen molar-refractivity contribution in [3.8, 4) is 11.5 Å². The summed E-state index contributed by atoms with van der Waals surface area (Å²) in [7, 11) is 0. The molecule has 3 heterocycles. The van der Waals surface area contributed by atoms with Gasteiger partial charge in [-0.25, -0.2) is 0 Å². The van der Waals surface area contributed by atoms with E-state index in [1.807, 2.05) is 18.2 Å². The number of aliphatic imine (C=N–C) groups is 1. The molecule has 0 radical (unpaired) electrons. The summed E-state index contributed by atoms with van der Waals surface area (Å²) in [5.41, 5.74) is 11.9. The molecule has 376 valence electrons. The number of nitrogens with one attached hydrogen (secondary N) is 1. The summed E-state index contributed by atoms with van der Waals surface area (Å²) >= 11 is 0. The fraction of sp³-hybridized carbons (Fsp3) is 0.552. The number of benzene rings is 3. The summed E-state index contributed by atoms with van der Waals surface area (Å²) in [5.74, 6) is 3.31. The predicted octanol–water partition coefficient (Wildman–Crippen LogP) is 6.77. The zero-order valence-corrected chi connectivity index (χ0v) is 41.0. The molecule has 70 heavy (non-hydrogen) atoms. The molecular formula is C58H76N4O8. The van der Waals surface area contributed by atoms with Crippen molar-refractivity contribution in [2.24, 2.45) is 39.4 Å². The number of hydrogen-bond acceptors (Lipinski definition) is 12. The number of aromatic hydroxyl groups is 1. The number of phenols is 1. The first kappa shape index (κ1) is 50.3. The normalized spacial score (nSPS) is 25.1. The molecule has 2 saturated carbocycles. The molecule has 9 N–H and O–H groups in total. The van der Waals surface area contributed by atoms with Crippen molar-refractivity contribution in [1.82, 2.24) is 5.32 Å². The van der Waals surface area contributed by atoms with Crippen LogP contribution in [-0.4, -0.2) is 99.7 Å². The predicted molar refractivity (Wildman–Crippen MR) is 275 cm³/mol. The van der Waals surface area contributed by atoms with E-state index in [1.165, 1.54) is 18.4 Å². The monoisotopic (exact) mass is 957 g/mol. The molecule has 0 saturated heterocycles. The number of unbranched alkanes of at least 4 members (excludes halogenated alkanes) is 3. The minimum absolute atomic E-state index is 0.00117. The molecule has 3 aromatic carbocycles. The van der Waals surface area contributed by atoms with Crippen LogP contribution >= 0.6 is 0 Å². The van der Waals surface area contributed by atoms with Crippen LogP contribution in [0.3, 0.4) is 0 Å². The van der Waals surface area contributed by atoms with Crippen molar-refractivity contribution < 1.29 is 40.1 Å². The van der Waals surface area contributed by atoms with Gasteiger partial charge < -0.3 is 51.2 Å². The fourth-order valence-electron chi connectivity index (χ4n) is 12.4. The Morgan fingerprint density at radius 3 is 2.71 bits per heavy atom. The number of allylic oxidation sites excluding steroid dienone is 1. The van der Waals surface area contributed by atoms with E-state index >= 15 is 0 Å². The molecule has 3 aliphatic heterocycles. The standard InChI is InChI=1S/C58H76N4O8/c1-35(65)32-61-50(11-7-25-63)57-44-10-6-8-37(44)17-21-49-48(57)31-52(62-49)54(67)34-69-56-26-36(14-22-53(56)66)13-18-43-28-41(33-64)55(70-43)12-5-3-2-4-9-42(59)27-40-16-19-45-46(58(40)68)20-15-38-30-51-39(23-24-60-51)29-47(38)45/h14-16,19-20,22-23,26,28-31,35,37,40,42,44,50,54-55,57-58,61,63-68H,2-13,17-18,21,24-25,27,32-34,59H2,1H3/t35-,37+,40-,42-,44-,50+,54-,55?,57-,58+/m0/s1. The minimum Gasteiger partial charge on any atom is -0.592 e. The Morgan fingerprint density at radius 1 is 1.00 bits per heavy atom. The van der Waals surface area contributed by atoms with Crippen LogP contribution in [0, 0.1) is 35.6 Å². The van der Waals surface area contributed by atoms with Gasteiger partial charge in [0, 0.05) is 50.3 Å². The van der Waals surface area contributed by atoms with Crippen molar-refractivity contribution in [2.45, 2.75) is 146 Å². The van der Waals surface area contributed by atoms with Gasteiger partial charge in [-0.3, -0.25) is 4.99 Å². The Hall–Kier alpha value is -4.66. The van der Waals surface area contributed by atoms with Crippen molar-refractivity contribution >= 4 is 28.6 Å². The van der Waals surface area contributed by atoms with Gasteiger partial charge in [0.1, 0.15) is 12.2 Å². The highest BCUT2D eigenvalue weighted by Gasteiger charge is 2.50. The maximum absolute atomic E-state index is 11.5. The molecule has 3 aliphatic carbocycles. The first-order chi connectivity index (χ1) is 34.1. The number of nitrogens with zero attached hydrogens (tertiary/aromatic N) is 2. The number of aliphatic hydroxyl groups excluding tert-OH is 5. The second-order valence-electron chi connectivity index (χ2n) is 21.0. The number of ether oxygens (including phenoxy) is 2. The number of nitrogens with two attached hydrogens (primary N) is 1. The lowest BCUT2D eigenvalue weighted by Gasteiger charge is -2.32. The molecule has 3 aromatic rings. The van der Waals surface area contributed by atoms with E-state index in [4.69, 9.17) is 20.2 Å². The van der Waals surface area contributed by atoms with E-state index in [1.54, 1.807) is 13.0 Å². The van der Waals surface area contributed by atoms with Crippen LogP contribution in [0.1, 0.15) is 126 Å². The summed E-state index contributed by atoms with van der Waals surface area (Å²) in [4.78, 5) is 9.56. The lowest BCUT2D eigenvalue weighted by atomic mass is 9.74. The van der Waals surface area contributed by atoms with E-state index in [-0.39, 0.29) is 55.6 Å². The van der Waals surface area contributed by atoms with Gasteiger partial charge in [-0.1, -0.05) is 87.1 Å². The number of aryl methyl sites for hydroxylation is 1. The highest BCUT2D eigenvalue weighted by atomic mass is 16.5. The molecular weight excluding hydrogens is 881 g/mol. The number of aliphatic hydroxyl groups is 5. The summed E-state index contributed by atoms with van der Waals surface area (Å²) in [6.45, 7) is 3.00. The third-order valence-corrected chi connectivity index (χ3v) is 16.0. The van der Waals surface area contributed by atoms with E-state index in [0.29, 0.717) is 49.4 Å². The SMILES string of the molecule is C[C@H](O)CN[C@H](CCCO)[C@@H]1C2=C[C+]([C@@H](O)COc3cc(CCC4=C[C-](CO)C(CCCCCC[C@H](N)C[C@@H]5C=Cc6c(ccc7cc8c(cc67)=CCN=8)[C@@H]5O)O4)ccc3O)N=C2CC[C@H]2CCC[C@@H]21. The topological polar surface area (TPSA) is 203 Å². The second kappa shape index (κ2) is 23.3. The molecule has 12 nitrogen and oxygen atoms in total. The van der Waals surface area contributed by atoms with Crippen molar-refractivity contribution in [2.75, 3.05) is 32.9 Å². The van der Waals surface area contributed by atoms with Crippen LogP contribution in [0.15, 0.2) is 82.0 Å². The number of rotatable bonds is 24. The molecule has 0 spiro atoms. The lowest BCUT2D eigenvalue weighted by Crippen LogP contribution is -2.44. The maximum atomic E-state index is 11.5. The molecule has 12 heteroatoms. The maximum Gasteiger partial charge on any atom is 0.189 e. The smallest absolute Gasteiger partial charge is 0.189 e. The zero-order valence-electron chi connectivity index (χ0n) is 41.0. The van der Waals surface area contributed by atoms with Crippen LogP contribution in [0.25, 0.3) is 22.9 Å². The number of phenolic OH excluding ortho intramolecular Hbond substituents is 1. The van der Waals surface area contributed by atoms with Crippen LogP contribution in [-0.2, 0) is 11.2 Å².